The molecule has 9 nitrogen and oxygen atoms in total. The van der Waals surface area contributed by atoms with Crippen LogP contribution in [-0.4, -0.2) is 30.6 Å². The lowest BCUT2D eigenvalue weighted by atomic mass is 10.0. The Hall–Kier alpha value is -4.62. The van der Waals surface area contributed by atoms with Crippen molar-refractivity contribution in [1.82, 2.24) is 24.7 Å². The van der Waals surface area contributed by atoms with Gasteiger partial charge < -0.3 is 15.5 Å². The van der Waals surface area contributed by atoms with Crippen LogP contribution in [0.4, 0.5) is 33.6 Å². The number of anilines is 2. The van der Waals surface area contributed by atoms with Gasteiger partial charge in [0.05, 0.1) is 22.7 Å². The number of hydrogen-bond acceptors (Lipinski definition) is 7. The first-order valence-corrected chi connectivity index (χ1v) is 10.7. The smallest absolute Gasteiger partial charge is 0.419 e. The molecule has 0 aliphatic carbocycles. The van der Waals surface area contributed by atoms with Crippen LogP contribution in [0.25, 0.3) is 33.3 Å². The van der Waals surface area contributed by atoms with E-state index < -0.39 is 35.1 Å². The van der Waals surface area contributed by atoms with Crippen molar-refractivity contribution in [3.8, 4) is 11.3 Å². The van der Waals surface area contributed by atoms with Crippen molar-refractivity contribution in [2.45, 2.75) is 26.1 Å². The third-order valence-corrected chi connectivity index (χ3v) is 5.59. The minimum atomic E-state index is -4.99. The highest BCUT2D eigenvalue weighted by Gasteiger charge is 2.35. The highest BCUT2D eigenvalue weighted by Crippen LogP contribution is 2.37. The van der Waals surface area contributed by atoms with Gasteiger partial charge in [-0.05, 0) is 32.0 Å². The molecule has 0 saturated carbocycles. The fourth-order valence-electron chi connectivity index (χ4n) is 3.88. The van der Waals surface area contributed by atoms with Crippen molar-refractivity contribution in [1.29, 1.82) is 0 Å². The maximum absolute atomic E-state index is 15.6. The van der Waals surface area contributed by atoms with Crippen LogP contribution in [0.2, 0.25) is 0 Å². The third kappa shape index (κ3) is 3.99. The minimum Gasteiger partial charge on any atom is -0.460 e. The van der Waals surface area contributed by atoms with Crippen LogP contribution < -0.4 is 11.1 Å². The number of furan rings is 1. The zero-order valence-electron chi connectivity index (χ0n) is 19.1. The van der Waals surface area contributed by atoms with Crippen molar-refractivity contribution >= 4 is 39.5 Å². The van der Waals surface area contributed by atoms with E-state index in [-0.39, 0.29) is 39.6 Å². The molecule has 0 atom stereocenters. The number of nitrogens with one attached hydrogen (secondary N) is 1. The fraction of sp³-hybridized carbons (Fsp3) is 0.174. The van der Waals surface area contributed by atoms with Crippen molar-refractivity contribution < 1.29 is 31.2 Å². The second-order valence-electron chi connectivity index (χ2n) is 8.30. The number of rotatable bonds is 4. The second-order valence-corrected chi connectivity index (χ2v) is 8.30. The van der Waals surface area contributed by atoms with Gasteiger partial charge in [-0.25, -0.2) is 28.4 Å². The van der Waals surface area contributed by atoms with Gasteiger partial charge in [0, 0.05) is 17.0 Å². The largest absolute Gasteiger partial charge is 0.460 e. The fourth-order valence-corrected chi connectivity index (χ4v) is 3.88. The Kier molecular flexibility index (Phi) is 5.53. The van der Waals surface area contributed by atoms with Crippen LogP contribution in [0.5, 0.6) is 0 Å². The van der Waals surface area contributed by atoms with Gasteiger partial charge in [0.15, 0.2) is 22.9 Å². The van der Waals surface area contributed by atoms with E-state index >= 15 is 4.39 Å². The van der Waals surface area contributed by atoms with E-state index in [1.165, 1.54) is 18.5 Å². The molecular weight excluding hydrogens is 501 g/mol. The Morgan fingerprint density at radius 2 is 1.92 bits per heavy atom. The number of aromatic nitrogens is 5. The van der Waals surface area contributed by atoms with E-state index in [2.05, 4.69) is 25.4 Å². The van der Waals surface area contributed by atoms with E-state index in [0.29, 0.717) is 23.3 Å². The minimum absolute atomic E-state index is 0.00901. The Bertz CT molecular complexity index is 1690. The lowest BCUT2D eigenvalue weighted by Gasteiger charge is -2.10. The molecule has 0 fully saturated rings. The number of amides is 1. The van der Waals surface area contributed by atoms with Crippen LogP contribution in [-0.2, 0) is 6.18 Å². The lowest BCUT2D eigenvalue weighted by Crippen LogP contribution is -2.15. The molecule has 4 heterocycles. The molecule has 0 bridgehead atoms. The van der Waals surface area contributed by atoms with Crippen LogP contribution in [0.3, 0.4) is 0 Å². The predicted molar refractivity (Wildman–Crippen MR) is 122 cm³/mol. The summed E-state index contributed by atoms with van der Waals surface area (Å²) >= 11 is 0. The molecule has 1 amide bonds. The highest BCUT2D eigenvalue weighted by atomic mass is 19.4. The van der Waals surface area contributed by atoms with Gasteiger partial charge in [-0.3, -0.25) is 4.79 Å². The molecule has 4 aromatic heterocycles. The summed E-state index contributed by atoms with van der Waals surface area (Å²) in [4.78, 5) is 24.4. The molecule has 5 aromatic rings. The van der Waals surface area contributed by atoms with Crippen molar-refractivity contribution in [3.05, 3.63) is 59.7 Å². The molecule has 3 N–H and O–H groups in total. The molecule has 5 rings (SSSR count). The monoisotopic (exact) mass is 517 g/mol. The Balaban J connectivity index is 1.55. The standard InChI is InChI=1S/C23H16F5N7O2/c1-9(2)35-21-16(20(29)31-8-32-21)18(34-35)11-4-3-10-12(7-37-19(10)17(11)25)22(36)33-15-5-13(23(26,27)28)14(24)6-30-15/h3-9H,1-2H3,(H2,29,31,32)(H,30,33,36). The number of pyridine rings is 1. The number of carbonyl (C=O) groups excluding carboxylic acids is 1. The average Bonchev–Trinajstić information content (AvgIpc) is 3.43. The summed E-state index contributed by atoms with van der Waals surface area (Å²) in [6.07, 6.45) is -2.43. The Morgan fingerprint density at radius 3 is 2.62 bits per heavy atom. The zero-order chi connectivity index (χ0) is 26.6. The number of halogens is 5. The molecule has 0 aliphatic rings. The number of fused-ring (bicyclic) bond motifs is 2. The molecule has 37 heavy (non-hydrogen) atoms. The van der Waals surface area contributed by atoms with Crippen LogP contribution in [0.15, 0.2) is 41.4 Å². The number of nitrogens with zero attached hydrogens (tertiary/aromatic N) is 5. The highest BCUT2D eigenvalue weighted by molar-refractivity contribution is 6.12. The van der Waals surface area contributed by atoms with E-state index in [1.54, 1.807) is 4.68 Å². The molecule has 14 heteroatoms. The third-order valence-electron chi connectivity index (χ3n) is 5.59. The first kappa shape index (κ1) is 24.1. The molecule has 0 spiro atoms. The van der Waals surface area contributed by atoms with Gasteiger partial charge in [-0.2, -0.15) is 18.3 Å². The van der Waals surface area contributed by atoms with Crippen molar-refractivity contribution in [2.24, 2.45) is 0 Å². The molecule has 1 aromatic carbocycles. The quantitative estimate of drug-likeness (QED) is 0.308. The van der Waals surface area contributed by atoms with Crippen molar-refractivity contribution in [2.75, 3.05) is 11.1 Å². The van der Waals surface area contributed by atoms with Gasteiger partial charge in [-0.1, -0.05) is 0 Å². The summed E-state index contributed by atoms with van der Waals surface area (Å²) in [6, 6.07) is 2.98. The molecule has 190 valence electrons. The summed E-state index contributed by atoms with van der Waals surface area (Å²) < 4.78 is 74.9. The van der Waals surface area contributed by atoms with Gasteiger partial charge in [-0.15, -0.1) is 0 Å². The molecule has 0 unspecified atom stereocenters. The predicted octanol–water partition coefficient (Wildman–Crippen LogP) is 5.35. The SMILES string of the molecule is CC(C)n1nc(-c2ccc3c(C(=O)Nc4cc(C(F)(F)F)c(F)cn4)coc3c2F)c2c(N)ncnc21. The van der Waals surface area contributed by atoms with Crippen LogP contribution in [0.1, 0.15) is 35.8 Å². The van der Waals surface area contributed by atoms with E-state index in [0.717, 1.165) is 6.26 Å². The summed E-state index contributed by atoms with van der Waals surface area (Å²) in [5.41, 5.74) is 4.54. The van der Waals surface area contributed by atoms with E-state index in [1.807, 2.05) is 13.8 Å². The number of alkyl halides is 3. The summed E-state index contributed by atoms with van der Waals surface area (Å²) in [5, 5.41) is 6.98. The summed E-state index contributed by atoms with van der Waals surface area (Å²) in [6.45, 7) is 3.72. The van der Waals surface area contributed by atoms with Gasteiger partial charge in [0.25, 0.3) is 5.91 Å². The Morgan fingerprint density at radius 1 is 1.16 bits per heavy atom. The number of hydrogen-bond donors (Lipinski definition) is 2. The van der Waals surface area contributed by atoms with Gasteiger partial charge in [0.1, 0.15) is 29.9 Å². The zero-order valence-corrected chi connectivity index (χ0v) is 19.1. The molecule has 0 saturated heterocycles. The Labute approximate surface area is 204 Å². The first-order valence-electron chi connectivity index (χ1n) is 10.7. The topological polar surface area (TPSA) is 125 Å². The maximum Gasteiger partial charge on any atom is 0.419 e. The van der Waals surface area contributed by atoms with Crippen LogP contribution >= 0.6 is 0 Å². The lowest BCUT2D eigenvalue weighted by molar-refractivity contribution is -0.140. The van der Waals surface area contributed by atoms with Crippen molar-refractivity contribution in [3.63, 3.8) is 0 Å². The summed E-state index contributed by atoms with van der Waals surface area (Å²) in [7, 11) is 0. The molecular formula is C23H16F5N7O2. The van der Waals surface area contributed by atoms with Gasteiger partial charge in [0.2, 0.25) is 0 Å². The van der Waals surface area contributed by atoms with E-state index in [4.69, 9.17) is 10.2 Å². The first-order chi connectivity index (χ1) is 17.5. The number of benzene rings is 1. The van der Waals surface area contributed by atoms with Gasteiger partial charge >= 0.3 is 6.18 Å². The maximum atomic E-state index is 15.6. The second kappa shape index (κ2) is 8.50. The number of nitrogen functional groups attached to an aromatic ring is 1. The number of carbonyl (C=O) groups is 1. The number of nitrogens with two attached hydrogens (primary N) is 1. The summed E-state index contributed by atoms with van der Waals surface area (Å²) in [5.74, 6) is -3.84. The van der Waals surface area contributed by atoms with Crippen LogP contribution in [0, 0.1) is 11.6 Å². The normalized spacial score (nSPS) is 12.1. The average molecular weight is 517 g/mol. The molecule has 0 radical (unpaired) electrons. The molecule has 0 aliphatic heterocycles. The van der Waals surface area contributed by atoms with E-state index in [9.17, 15) is 22.4 Å².